The normalized spacial score (nSPS) is 47.6. The molecule has 0 amide bonds. The molecule has 2 saturated carbocycles. The number of aliphatic hydroxyl groups excluding tert-OH is 1. The zero-order valence-corrected chi connectivity index (χ0v) is 40.2. The first-order valence-corrected chi connectivity index (χ1v) is 24.4. The maximum absolute atomic E-state index is 14.7. The van der Waals surface area contributed by atoms with Crippen LogP contribution in [-0.4, -0.2) is 153 Å². The van der Waals surface area contributed by atoms with Crippen LogP contribution in [0.25, 0.3) is 0 Å². The van der Waals surface area contributed by atoms with Crippen LogP contribution < -0.4 is 5.32 Å². The molecule has 2 N–H and O–H groups in total. The molecule has 4 fully saturated rings. The molecule has 2 aliphatic carbocycles. The van der Waals surface area contributed by atoms with Crippen LogP contribution in [0.2, 0.25) is 0 Å². The average molecular weight is 900 g/mol. The molecule has 1 unspecified atom stereocenters. The Bertz CT molecular complexity index is 1710. The smallest absolute Gasteiger partial charge is 0.332 e. The molecule has 2 saturated heterocycles. The van der Waals surface area contributed by atoms with E-state index in [1.807, 2.05) is 20.8 Å². The number of nitrogens with one attached hydrogen (secondary N) is 1. The molecule has 0 radical (unpaired) electrons. The number of hydrogen-bond acceptors (Lipinski definition) is 14. The van der Waals surface area contributed by atoms with Crippen LogP contribution in [-0.2, 0) is 44.1 Å². The van der Waals surface area contributed by atoms with Gasteiger partial charge in [0.1, 0.15) is 27.5 Å². The number of likely N-dealkylation sites (N-methyl/N-ethyl adjacent to an activating group) is 1. The van der Waals surface area contributed by atoms with E-state index in [2.05, 4.69) is 70.2 Å². The maximum atomic E-state index is 14.7. The lowest BCUT2D eigenvalue weighted by Crippen LogP contribution is -2.56. The summed E-state index contributed by atoms with van der Waals surface area (Å²) in [6.45, 7) is 13.8. The summed E-state index contributed by atoms with van der Waals surface area (Å²) in [6.07, 6.45) is 5.57. The molecule has 5 heterocycles. The van der Waals surface area contributed by atoms with Crippen molar-refractivity contribution < 1.29 is 42.6 Å². The Morgan fingerprint density at radius 1 is 1.02 bits per heavy atom. The lowest BCUT2D eigenvalue weighted by atomic mass is 9.69. The summed E-state index contributed by atoms with van der Waals surface area (Å²) in [4.78, 5) is 37.0. The molecule has 5 aliphatic heterocycles. The van der Waals surface area contributed by atoms with Crippen molar-refractivity contribution in [3.8, 4) is 0 Å². The Hall–Kier alpha value is -1.40. The first-order valence-electron chi connectivity index (χ1n) is 21.9. The van der Waals surface area contributed by atoms with Crippen LogP contribution in [0.1, 0.15) is 99.8 Å². The van der Waals surface area contributed by atoms with Gasteiger partial charge in [0.05, 0.1) is 34.3 Å². The largest absolute Gasteiger partial charge is 0.459 e. The van der Waals surface area contributed by atoms with Gasteiger partial charge in [-0.3, -0.25) is 9.79 Å². The SMILES string of the molecule is CO[C@H]1S(=O)/C2=C\C(=O)[C@](C)(O[C@H]3CC[C@H](N(C)C)[C@@H](C)C3)[C@H](O)CC/C(C)=C\[C@@H]3[C@@H](C)[C@](C)(Cl)[C@@H](C[C@H]3O[C@H]3CC[C@H](N(C)C)[C@@H](C)O3)OC(=O)[C@@H]3CSC(=N3)[C@]1(C)N2. The van der Waals surface area contributed by atoms with E-state index < -0.39 is 74.6 Å². The number of methoxy groups -OCH3 is 1. The second kappa shape index (κ2) is 19.0. The Balaban J connectivity index is 1.37. The summed E-state index contributed by atoms with van der Waals surface area (Å²) in [5.41, 5.74) is -2.69. The van der Waals surface area contributed by atoms with Gasteiger partial charge in [-0.1, -0.05) is 25.5 Å². The second-order valence-electron chi connectivity index (χ2n) is 19.3. The summed E-state index contributed by atoms with van der Waals surface area (Å²) in [6, 6.07) is -0.170. The molecule has 7 rings (SSSR count). The summed E-state index contributed by atoms with van der Waals surface area (Å²) >= 11 is 8.83. The van der Waals surface area contributed by atoms with E-state index >= 15 is 0 Å². The van der Waals surface area contributed by atoms with Crippen LogP contribution >= 0.6 is 23.4 Å². The van der Waals surface area contributed by atoms with Gasteiger partial charge in [-0.2, -0.15) is 0 Å². The third-order valence-corrected chi connectivity index (χ3v) is 18.1. The van der Waals surface area contributed by atoms with Crippen molar-refractivity contribution in [1.29, 1.82) is 0 Å². The molecule has 7 aliphatic rings. The van der Waals surface area contributed by atoms with Gasteiger partial charge in [0.15, 0.2) is 29.2 Å². The minimum atomic E-state index is -1.82. The maximum Gasteiger partial charge on any atom is 0.332 e. The van der Waals surface area contributed by atoms with Crippen molar-refractivity contribution >= 4 is 51.0 Å². The summed E-state index contributed by atoms with van der Waals surface area (Å²) in [5.74, 6) is -0.721. The number of hydrogen-bond donors (Lipinski definition) is 2. The van der Waals surface area contributed by atoms with Gasteiger partial charge >= 0.3 is 5.97 Å². The van der Waals surface area contributed by atoms with Crippen molar-refractivity contribution in [2.24, 2.45) is 22.7 Å². The fraction of sp³-hybridized carbons (Fsp3) is 0.841. The monoisotopic (exact) mass is 898 g/mol. The highest BCUT2D eigenvalue weighted by atomic mass is 35.5. The van der Waals surface area contributed by atoms with Gasteiger partial charge in [-0.15, -0.1) is 23.4 Å². The molecular formula is C44H71ClN4O9S2. The standard InChI is InChI=1S/C44H71ClN4O9S2/c1-24-13-17-34(50)44(7,58-28-14-15-31(48(8)9)25(2)20-28)35(51)22-37-47-43(6,41(54-12)60(37)53)40-46-30(23-59-40)39(52)57-36-21-33(29(19-24)26(3)42(36,5)45)56-38-18-16-32(49(10)11)27(4)55-38/h19,22,25-34,36,38,41,47,50H,13-18,20-21,23H2,1-12H3/b24-19-,37-22-/t25-,26+,27+,28-,29+,30-,31-,32-,33+,34+,36+,38-,41-,42-,43-,44+,60?/m0/s1. The highest BCUT2D eigenvalue weighted by Gasteiger charge is 2.56. The molecule has 0 spiro atoms. The number of ketones is 1. The molecule has 0 aromatic carbocycles. The minimum absolute atomic E-state index is 0.0367. The van der Waals surface area contributed by atoms with Crippen molar-refractivity contribution in [3.63, 3.8) is 0 Å². The number of aliphatic imine (C=N–C) groups is 1. The number of carbonyl (C=O) groups is 2. The van der Waals surface area contributed by atoms with Crippen molar-refractivity contribution in [3.05, 3.63) is 22.8 Å². The number of rotatable bonds is 7. The molecule has 13 nitrogen and oxygen atoms in total. The fourth-order valence-corrected chi connectivity index (χ4v) is 13.6. The van der Waals surface area contributed by atoms with Crippen LogP contribution in [0.5, 0.6) is 0 Å². The van der Waals surface area contributed by atoms with E-state index in [0.29, 0.717) is 35.6 Å². The van der Waals surface area contributed by atoms with Crippen LogP contribution in [0.3, 0.4) is 0 Å². The van der Waals surface area contributed by atoms with E-state index in [-0.39, 0.29) is 41.5 Å². The van der Waals surface area contributed by atoms with E-state index in [1.165, 1.54) is 24.9 Å². The quantitative estimate of drug-likeness (QED) is 0.191. The molecule has 340 valence electrons. The first-order chi connectivity index (χ1) is 28.1. The molecule has 17 atom stereocenters. The first kappa shape index (κ1) is 48.1. The number of alkyl halides is 1. The number of nitrogens with zero attached hydrogens (tertiary/aromatic N) is 3. The number of allylic oxidation sites excluding steroid dienone is 1. The van der Waals surface area contributed by atoms with Gasteiger partial charge in [0.25, 0.3) is 0 Å². The third kappa shape index (κ3) is 9.66. The second-order valence-corrected chi connectivity index (χ2v) is 22.6. The van der Waals surface area contributed by atoms with Gasteiger partial charge < -0.3 is 43.9 Å². The number of ether oxygens (including phenoxy) is 5. The van der Waals surface area contributed by atoms with E-state index in [4.69, 9.17) is 40.3 Å². The van der Waals surface area contributed by atoms with E-state index in [9.17, 15) is 18.9 Å². The lowest BCUT2D eigenvalue weighted by molar-refractivity contribution is -0.243. The predicted molar refractivity (Wildman–Crippen MR) is 237 cm³/mol. The fourth-order valence-electron chi connectivity index (χ4n) is 10.5. The lowest BCUT2D eigenvalue weighted by Gasteiger charge is -2.49. The Morgan fingerprint density at radius 3 is 2.33 bits per heavy atom. The molecule has 60 heavy (non-hydrogen) atoms. The molecule has 6 bridgehead atoms. The Morgan fingerprint density at radius 2 is 1.70 bits per heavy atom. The number of carbonyl (C=O) groups excluding carboxylic acids is 2. The minimum Gasteiger partial charge on any atom is -0.459 e. The molecule has 0 aromatic rings. The number of esters is 1. The highest BCUT2D eigenvalue weighted by molar-refractivity contribution is 8.14. The average Bonchev–Trinajstić information content (AvgIpc) is 3.77. The molecular weight excluding hydrogens is 828 g/mol. The van der Waals surface area contributed by atoms with Crippen LogP contribution in [0, 0.1) is 17.8 Å². The van der Waals surface area contributed by atoms with Gasteiger partial charge in [0, 0.05) is 43.4 Å². The third-order valence-electron chi connectivity index (χ3n) is 14.5. The zero-order chi connectivity index (χ0) is 44.1. The van der Waals surface area contributed by atoms with E-state index in [1.54, 1.807) is 6.92 Å². The Labute approximate surface area is 369 Å². The molecule has 16 heteroatoms. The summed E-state index contributed by atoms with van der Waals surface area (Å²) < 4.78 is 46.4. The number of fused-ring (bicyclic) bond motifs is 9. The van der Waals surface area contributed by atoms with Crippen molar-refractivity contribution in [2.45, 2.75) is 176 Å². The predicted octanol–water partition coefficient (Wildman–Crippen LogP) is 5.39. The van der Waals surface area contributed by atoms with Crippen molar-refractivity contribution in [2.75, 3.05) is 41.1 Å². The van der Waals surface area contributed by atoms with Crippen LogP contribution in [0.15, 0.2) is 27.7 Å². The Kier molecular flexibility index (Phi) is 15.2. The number of aliphatic hydroxyl groups is 1. The van der Waals surface area contributed by atoms with E-state index in [0.717, 1.165) is 37.7 Å². The summed E-state index contributed by atoms with van der Waals surface area (Å²) in [5, 5.41) is 16.1. The summed E-state index contributed by atoms with van der Waals surface area (Å²) in [7, 11) is 7.95. The zero-order valence-electron chi connectivity index (χ0n) is 37.8. The topological polar surface area (TPSA) is 148 Å². The van der Waals surface area contributed by atoms with Gasteiger partial charge in [0.2, 0.25) is 0 Å². The highest BCUT2D eigenvalue weighted by Crippen LogP contribution is 2.48. The van der Waals surface area contributed by atoms with Gasteiger partial charge in [-0.25, -0.2) is 9.00 Å². The van der Waals surface area contributed by atoms with Gasteiger partial charge in [-0.05, 0) is 120 Å². The molecule has 0 aromatic heterocycles. The van der Waals surface area contributed by atoms with Crippen LogP contribution in [0.4, 0.5) is 0 Å². The number of halogens is 1. The van der Waals surface area contributed by atoms with Crippen molar-refractivity contribution in [1.82, 2.24) is 15.1 Å². The number of thioether (sulfide) groups is 1.